The summed E-state index contributed by atoms with van der Waals surface area (Å²) in [5.41, 5.74) is 3.74. The van der Waals surface area contributed by atoms with Crippen molar-refractivity contribution in [2.24, 2.45) is 0 Å². The minimum atomic E-state index is -0.171. The minimum Gasteiger partial charge on any atom is -0.305 e. The average molecular weight is 289 g/mol. The molecule has 114 valence electrons. The minimum absolute atomic E-state index is 0.161. The van der Waals surface area contributed by atoms with Crippen molar-refractivity contribution in [3.05, 3.63) is 52.6 Å². The lowest BCUT2D eigenvalue weighted by Gasteiger charge is -2.21. The number of hydrogen-bond donors (Lipinski definition) is 1. The summed E-state index contributed by atoms with van der Waals surface area (Å²) in [4.78, 5) is 0. The summed E-state index contributed by atoms with van der Waals surface area (Å²) in [6, 6.07) is 7.15. The monoisotopic (exact) mass is 289 g/mol. The van der Waals surface area contributed by atoms with Gasteiger partial charge in [0.1, 0.15) is 5.82 Å². The van der Waals surface area contributed by atoms with Gasteiger partial charge < -0.3 is 5.32 Å². The first-order valence-corrected chi connectivity index (χ1v) is 7.60. The van der Waals surface area contributed by atoms with E-state index in [1.165, 1.54) is 0 Å². The maximum Gasteiger partial charge on any atom is 0.128 e. The fourth-order valence-electron chi connectivity index (χ4n) is 2.60. The maximum absolute atomic E-state index is 14.3. The Morgan fingerprint density at radius 2 is 2.00 bits per heavy atom. The third kappa shape index (κ3) is 3.50. The van der Waals surface area contributed by atoms with E-state index in [2.05, 4.69) is 24.3 Å². The third-order valence-corrected chi connectivity index (χ3v) is 3.59. The Morgan fingerprint density at radius 3 is 2.67 bits per heavy atom. The van der Waals surface area contributed by atoms with Gasteiger partial charge in [-0.05, 0) is 45.9 Å². The molecule has 2 rings (SSSR count). The van der Waals surface area contributed by atoms with E-state index >= 15 is 0 Å². The molecular weight excluding hydrogens is 265 g/mol. The van der Waals surface area contributed by atoms with E-state index in [-0.39, 0.29) is 11.9 Å². The Morgan fingerprint density at radius 1 is 1.24 bits per heavy atom. The second-order valence-electron chi connectivity index (χ2n) is 5.44. The molecule has 4 heteroatoms. The van der Waals surface area contributed by atoms with Crippen molar-refractivity contribution < 1.29 is 4.39 Å². The van der Waals surface area contributed by atoms with E-state index < -0.39 is 0 Å². The fraction of sp³-hybridized carbons (Fsp3) is 0.471. The SMILES string of the molecule is CCCNC(c1cc(C)ccc1F)c1cc(C)nn1CC. The van der Waals surface area contributed by atoms with Crippen molar-refractivity contribution in [1.29, 1.82) is 0 Å². The summed E-state index contributed by atoms with van der Waals surface area (Å²) in [5, 5.41) is 7.95. The van der Waals surface area contributed by atoms with E-state index in [9.17, 15) is 4.39 Å². The van der Waals surface area contributed by atoms with Crippen LogP contribution in [0.25, 0.3) is 0 Å². The van der Waals surface area contributed by atoms with Gasteiger partial charge in [-0.15, -0.1) is 0 Å². The molecule has 0 aliphatic heterocycles. The highest BCUT2D eigenvalue weighted by Gasteiger charge is 2.21. The van der Waals surface area contributed by atoms with Gasteiger partial charge in [-0.2, -0.15) is 5.10 Å². The molecule has 1 atom stereocenters. The molecule has 1 N–H and O–H groups in total. The van der Waals surface area contributed by atoms with Gasteiger partial charge in [0.05, 0.1) is 17.4 Å². The van der Waals surface area contributed by atoms with Gasteiger partial charge in [-0.3, -0.25) is 4.68 Å². The molecule has 21 heavy (non-hydrogen) atoms. The van der Waals surface area contributed by atoms with Crippen molar-refractivity contribution >= 4 is 0 Å². The van der Waals surface area contributed by atoms with Crippen LogP contribution in [0.15, 0.2) is 24.3 Å². The first kappa shape index (κ1) is 15.7. The van der Waals surface area contributed by atoms with Gasteiger partial charge in [0.15, 0.2) is 0 Å². The Balaban J connectivity index is 2.49. The molecule has 1 aromatic heterocycles. The second-order valence-corrected chi connectivity index (χ2v) is 5.44. The highest BCUT2D eigenvalue weighted by molar-refractivity contribution is 5.33. The largest absolute Gasteiger partial charge is 0.305 e. The van der Waals surface area contributed by atoms with Crippen LogP contribution in [0.2, 0.25) is 0 Å². The zero-order chi connectivity index (χ0) is 15.4. The smallest absolute Gasteiger partial charge is 0.128 e. The molecule has 0 spiro atoms. The molecule has 2 aromatic rings. The molecule has 0 aliphatic rings. The van der Waals surface area contributed by atoms with Gasteiger partial charge in [0, 0.05) is 12.1 Å². The maximum atomic E-state index is 14.3. The molecule has 1 heterocycles. The standard InChI is InChI=1S/C17H24FN3/c1-5-9-19-17(14-10-12(3)7-8-15(14)18)16-11-13(4)20-21(16)6-2/h7-8,10-11,17,19H,5-6,9H2,1-4H3. The van der Waals surface area contributed by atoms with Crippen LogP contribution in [-0.2, 0) is 6.54 Å². The lowest BCUT2D eigenvalue weighted by molar-refractivity contribution is 0.505. The number of aryl methyl sites for hydroxylation is 3. The van der Waals surface area contributed by atoms with Crippen LogP contribution in [0.1, 0.15) is 48.8 Å². The molecule has 0 fully saturated rings. The summed E-state index contributed by atoms with van der Waals surface area (Å²) in [7, 11) is 0. The van der Waals surface area contributed by atoms with Gasteiger partial charge in [-0.25, -0.2) is 4.39 Å². The topological polar surface area (TPSA) is 29.9 Å². The highest BCUT2D eigenvalue weighted by Crippen LogP contribution is 2.26. The molecule has 0 radical (unpaired) electrons. The predicted molar refractivity (Wildman–Crippen MR) is 83.9 cm³/mol. The molecule has 0 amide bonds. The molecular formula is C17H24FN3. The zero-order valence-corrected chi connectivity index (χ0v) is 13.3. The number of aromatic nitrogens is 2. The average Bonchev–Trinajstić information content (AvgIpc) is 2.84. The molecule has 0 bridgehead atoms. The molecule has 0 saturated heterocycles. The Hall–Kier alpha value is -1.68. The van der Waals surface area contributed by atoms with Crippen LogP contribution in [0, 0.1) is 19.7 Å². The van der Waals surface area contributed by atoms with Crippen LogP contribution in [-0.4, -0.2) is 16.3 Å². The quantitative estimate of drug-likeness (QED) is 0.877. The predicted octanol–water partition coefficient (Wildman–Crippen LogP) is 3.75. The summed E-state index contributed by atoms with van der Waals surface area (Å²) in [6.07, 6.45) is 1.00. The van der Waals surface area contributed by atoms with E-state index in [1.54, 1.807) is 12.1 Å². The summed E-state index contributed by atoms with van der Waals surface area (Å²) < 4.78 is 16.3. The third-order valence-electron chi connectivity index (χ3n) is 3.59. The molecule has 1 aromatic carbocycles. The summed E-state index contributed by atoms with van der Waals surface area (Å²) in [5.74, 6) is -0.171. The molecule has 1 unspecified atom stereocenters. The number of hydrogen-bond acceptors (Lipinski definition) is 2. The molecule has 0 aliphatic carbocycles. The molecule has 3 nitrogen and oxygen atoms in total. The van der Waals surface area contributed by atoms with E-state index in [0.717, 1.165) is 36.5 Å². The first-order valence-electron chi connectivity index (χ1n) is 7.60. The van der Waals surface area contributed by atoms with Crippen molar-refractivity contribution in [3.8, 4) is 0 Å². The first-order chi connectivity index (χ1) is 10.1. The van der Waals surface area contributed by atoms with Crippen LogP contribution in [0.4, 0.5) is 4.39 Å². The van der Waals surface area contributed by atoms with Crippen LogP contribution >= 0.6 is 0 Å². The Bertz CT molecular complexity index is 604. The zero-order valence-electron chi connectivity index (χ0n) is 13.3. The van der Waals surface area contributed by atoms with Crippen molar-refractivity contribution in [2.45, 2.75) is 46.7 Å². The summed E-state index contributed by atoms with van der Waals surface area (Å²) in [6.45, 7) is 9.74. The van der Waals surface area contributed by atoms with E-state index in [0.29, 0.717) is 5.56 Å². The van der Waals surface area contributed by atoms with Crippen molar-refractivity contribution in [3.63, 3.8) is 0 Å². The van der Waals surface area contributed by atoms with Gasteiger partial charge in [0.2, 0.25) is 0 Å². The number of halogens is 1. The Labute approximate surface area is 126 Å². The number of benzene rings is 1. The van der Waals surface area contributed by atoms with E-state index in [4.69, 9.17) is 0 Å². The fourth-order valence-corrected chi connectivity index (χ4v) is 2.60. The molecule has 0 saturated carbocycles. The lowest BCUT2D eigenvalue weighted by atomic mass is 10.00. The van der Waals surface area contributed by atoms with Gasteiger partial charge in [-0.1, -0.05) is 24.6 Å². The van der Waals surface area contributed by atoms with Crippen molar-refractivity contribution in [2.75, 3.05) is 6.54 Å². The van der Waals surface area contributed by atoms with Crippen LogP contribution in [0.3, 0.4) is 0 Å². The lowest BCUT2D eigenvalue weighted by Crippen LogP contribution is -2.26. The Kier molecular flexibility index (Phi) is 5.12. The normalized spacial score (nSPS) is 12.6. The van der Waals surface area contributed by atoms with Crippen LogP contribution in [0.5, 0.6) is 0 Å². The second kappa shape index (κ2) is 6.85. The van der Waals surface area contributed by atoms with Crippen molar-refractivity contribution in [1.82, 2.24) is 15.1 Å². The number of rotatable bonds is 6. The van der Waals surface area contributed by atoms with E-state index in [1.807, 2.05) is 30.7 Å². The number of nitrogens with zero attached hydrogens (tertiary/aromatic N) is 2. The van der Waals surface area contributed by atoms with Crippen LogP contribution < -0.4 is 5.32 Å². The number of nitrogens with one attached hydrogen (secondary N) is 1. The summed E-state index contributed by atoms with van der Waals surface area (Å²) >= 11 is 0. The van der Waals surface area contributed by atoms with Gasteiger partial charge in [0.25, 0.3) is 0 Å². The highest BCUT2D eigenvalue weighted by atomic mass is 19.1. The van der Waals surface area contributed by atoms with Gasteiger partial charge >= 0.3 is 0 Å².